The molecule has 0 saturated carbocycles. The third-order valence-corrected chi connectivity index (χ3v) is 39.5. The summed E-state index contributed by atoms with van der Waals surface area (Å²) in [4.78, 5) is 72.1. The molecule has 17 aromatic carbocycles. The van der Waals surface area contributed by atoms with E-state index < -0.39 is 10.8 Å². The van der Waals surface area contributed by atoms with Gasteiger partial charge in [-0.1, -0.05) is 6.07 Å². The number of pyridine rings is 4. The summed E-state index contributed by atoms with van der Waals surface area (Å²) in [6.07, 6.45) is 21.8. The van der Waals surface area contributed by atoms with Crippen molar-refractivity contribution in [2.45, 2.75) is 126 Å². The minimum Gasteiger partial charge on any atom is -0.508 e. The summed E-state index contributed by atoms with van der Waals surface area (Å²) >= 11 is 7.13. The number of carbonyl (C=O) groups excluding carboxylic acids is 3. The van der Waals surface area contributed by atoms with E-state index in [0.29, 0.717) is 78.3 Å². The fraction of sp³-hybridized carbons (Fsp3) is 0.183. The van der Waals surface area contributed by atoms with E-state index in [0.717, 1.165) is 178 Å². The van der Waals surface area contributed by atoms with E-state index in [1.54, 1.807) is 22.7 Å². The summed E-state index contributed by atoms with van der Waals surface area (Å²) in [5.74, 6) is 3.76. The Morgan fingerprint density at radius 2 is 1.19 bits per heavy atom. The molecule has 11 aromatic heterocycles. The van der Waals surface area contributed by atoms with Crippen LogP contribution in [0.5, 0.6) is 23.0 Å². The molecule has 11 aliphatic rings. The number of fused-ring (bicyclic) bond motifs is 5. The number of hydrogen-bond donors (Lipinski definition) is 7. The summed E-state index contributed by atoms with van der Waals surface area (Å²) in [6, 6.07) is 19.4. The highest BCUT2D eigenvalue weighted by Crippen LogP contribution is 2.68. The van der Waals surface area contributed by atoms with Crippen molar-refractivity contribution in [1.29, 1.82) is 0 Å². The zero-order chi connectivity index (χ0) is 83.4. The van der Waals surface area contributed by atoms with Gasteiger partial charge in [0.25, 0.3) is 0 Å². The topological polar surface area (TPSA) is 248 Å². The number of benzene rings is 17. The number of aromatic nitrogens is 7. The molecule has 3 atom stereocenters. The van der Waals surface area contributed by atoms with Gasteiger partial charge in [0.1, 0.15) is 50.6 Å². The highest BCUT2D eigenvalue weighted by Gasteiger charge is 2.47. The zero-order valence-corrected chi connectivity index (χ0v) is 72.3. The molecule has 0 saturated heterocycles. The molecule has 20 heteroatoms. The molecular weight excluding hydrogens is 1700 g/mol. The Morgan fingerprint density at radius 3 is 2.12 bits per heavy atom. The van der Waals surface area contributed by atoms with Crippen LogP contribution in [0.15, 0.2) is 84.8 Å². The lowest BCUT2D eigenvalue weighted by Gasteiger charge is -2.39. The maximum atomic E-state index is 13.3. The molecule has 3 unspecified atom stereocenters. The van der Waals surface area contributed by atoms with Gasteiger partial charge in [-0.25, -0.2) is 9.97 Å². The van der Waals surface area contributed by atoms with Crippen LogP contribution >= 0.6 is 45.3 Å². The van der Waals surface area contributed by atoms with Crippen LogP contribution in [0.1, 0.15) is 160 Å². The van der Waals surface area contributed by atoms with Gasteiger partial charge in [0.2, 0.25) is 0 Å². The van der Waals surface area contributed by atoms with E-state index in [-0.39, 0.29) is 17.5 Å². The Bertz CT molecular complexity index is 10600. The van der Waals surface area contributed by atoms with Crippen molar-refractivity contribution in [3.8, 4) is 34.1 Å². The predicted molar refractivity (Wildman–Crippen MR) is 523 cm³/mol. The van der Waals surface area contributed by atoms with Gasteiger partial charge >= 0.3 is 0 Å². The number of thiophene rings is 4. The molecule has 0 radical (unpaired) electrons. The van der Waals surface area contributed by atoms with Gasteiger partial charge in [0.15, 0.2) is 5.78 Å². The summed E-state index contributed by atoms with van der Waals surface area (Å²) in [5.41, 5.74) is 31.8. The monoisotopic (exact) mass is 1750 g/mol. The third kappa shape index (κ3) is 7.20. The summed E-state index contributed by atoms with van der Waals surface area (Å²) in [7, 11) is -0.883. The molecule has 12 heterocycles. The average molecular weight is 1760 g/mol. The molecule has 1 aliphatic heterocycles. The van der Waals surface area contributed by atoms with Crippen molar-refractivity contribution < 1.29 is 39.0 Å². The lowest BCUT2D eigenvalue weighted by Crippen LogP contribution is -2.23. The first-order valence-electron chi connectivity index (χ1n) is 45.3. The van der Waals surface area contributed by atoms with E-state index in [1.807, 2.05) is 53.3 Å². The largest absolute Gasteiger partial charge is 0.508 e. The quantitative estimate of drug-likeness (QED) is 0.0553. The second kappa shape index (κ2) is 21.3. The van der Waals surface area contributed by atoms with E-state index in [2.05, 4.69) is 69.1 Å². The van der Waals surface area contributed by atoms with Gasteiger partial charge < -0.3 is 35.4 Å². The highest BCUT2D eigenvalue weighted by atomic mass is 32.2. The van der Waals surface area contributed by atoms with Crippen LogP contribution in [0, 0.1) is 0 Å². The lowest BCUT2D eigenvalue weighted by molar-refractivity contribution is -0.118. The second-order valence-corrected chi connectivity index (χ2v) is 45.1. The van der Waals surface area contributed by atoms with Crippen molar-refractivity contribution >= 4 is 318 Å². The smallest absolute Gasteiger partial charge is 0.164 e. The van der Waals surface area contributed by atoms with Crippen LogP contribution in [0.4, 0.5) is 0 Å². The Kier molecular flexibility index (Phi) is 11.1. The SMILES string of the molecule is O=C1CC2CCCc3c2c2c1cc1c4c5c(cnc6cc(O)c7sc3c(c24)c7c65)C1.O=C1Cc2c3cncc4c3c3c5c2c(c2[nH]cc6c7cc(O)cc8cc9c(c(c87)c5c26)C3c2c-4csc2C9)C1.O=C1Cc2nc3[nH]c4cc5c6c(cc7sc8c(O)c(c2c2c3c4c6c7c82)C1)CCC5.O=S1Cc2cc3nc4c(O)c5c6c([nH]c7sc8cc(c2c2c3c4c6c7c82)C1)CCC5. The van der Waals surface area contributed by atoms with Crippen LogP contribution in [0.3, 0.4) is 0 Å². The standard InChI is InChI=1S/C34H16N2O2S.C26H15NO2S.C25H14N2O2S.C24H14N2O2S2/c37-13-2-11-1-12-3-22-27-21(10-39-22)19-8-35-7-18-16-5-14(38)6-17-25(16)31-32(26(18)19)30(27)24(12)29-23(11)15(4-13)20-9-36-34(17)28(20)33(29)31;28-15-6-9-2-1-3-12-17(9)20-13(15)5-10-4-11-8-27-14-7-16(29)26-23-21(14)19(11)18(10)22(20)24(23)25(12)30-26;28-10-6-11-16-13(7-10)27-25-22-17-12(26-25)4-8-2-1-3-9-5-14-18(19(17)15(8)9)21(20(16)22)24(30-14)23(11)29;27-23-10-2-1-3-11-15(10)19-20-16-12(25-22(20)23)4-8-6-30(28)7-9-5-13-17(18(16)14(8)9)21(19)24(26-11)29-13/h1-2,4,7-10,30,36-37H,3,5-6H2;5,7-9,29H,1-4,6H2;4-5,29H,1-3,6-7H2,(H,26,27);4-5,26-27H,1-3,6-7H2. The number of aromatic hydroxyl groups is 4. The summed E-state index contributed by atoms with van der Waals surface area (Å²) < 4.78 is 18.4. The van der Waals surface area contributed by atoms with Crippen molar-refractivity contribution in [3.63, 3.8) is 0 Å². The number of nitrogens with zero attached hydrogens (tertiary/aromatic N) is 4. The highest BCUT2D eigenvalue weighted by molar-refractivity contribution is 7.83. The van der Waals surface area contributed by atoms with Gasteiger partial charge in [-0.3, -0.25) is 28.6 Å². The molecule has 15 nitrogen and oxygen atoms in total. The van der Waals surface area contributed by atoms with Gasteiger partial charge in [-0.2, -0.15) is 0 Å². The molecule has 10 aliphatic carbocycles. The number of Topliss-reactive ketones (excluding diaryl/α,β-unsaturated/α-hetero) is 3. The fourth-order valence-electron chi connectivity index (χ4n) is 29.7. The Morgan fingerprint density at radius 1 is 0.434 bits per heavy atom. The van der Waals surface area contributed by atoms with E-state index in [1.165, 1.54) is 259 Å². The van der Waals surface area contributed by atoms with Crippen LogP contribution < -0.4 is 0 Å². The maximum absolute atomic E-state index is 13.3. The molecule has 0 fully saturated rings. The number of nitrogens with one attached hydrogen (secondary N) is 3. The molecule has 39 rings (SSSR count). The van der Waals surface area contributed by atoms with Crippen molar-refractivity contribution in [1.82, 2.24) is 34.9 Å². The minimum atomic E-state index is -0.883. The molecule has 7 N–H and O–H groups in total. The molecule has 0 bridgehead atoms. The third-order valence-electron chi connectivity index (χ3n) is 33.7. The Balaban J connectivity index is 0.0000000757. The van der Waals surface area contributed by atoms with Crippen LogP contribution in [0.2, 0.25) is 0 Å². The molecule has 608 valence electrons. The predicted octanol–water partition coefficient (Wildman–Crippen LogP) is 25.2. The van der Waals surface area contributed by atoms with Crippen molar-refractivity contribution in [3.05, 3.63) is 196 Å². The first-order valence-corrected chi connectivity index (χ1v) is 50.1. The molecule has 129 heavy (non-hydrogen) atoms. The van der Waals surface area contributed by atoms with Crippen molar-refractivity contribution in [2.75, 3.05) is 0 Å². The fourth-order valence-corrected chi connectivity index (χ4v) is 35.8. The molecule has 0 amide bonds. The average Bonchev–Trinajstić information content (AvgIpc) is 0.956. The van der Waals surface area contributed by atoms with Crippen LogP contribution in [-0.2, 0) is 103 Å². The van der Waals surface area contributed by atoms with E-state index >= 15 is 0 Å². The number of H-pyrrole nitrogens is 3. The number of aromatic amines is 3. The van der Waals surface area contributed by atoms with Gasteiger partial charge in [0, 0.05) is 275 Å². The van der Waals surface area contributed by atoms with Crippen LogP contribution in [-0.4, -0.2) is 76.9 Å². The Hall–Kier alpha value is -13.3. The van der Waals surface area contributed by atoms with Gasteiger partial charge in [0.05, 0.1) is 31.6 Å². The number of phenols is 4. The molecule has 28 aromatic rings. The number of aryl methyl sites for hydroxylation is 5. The van der Waals surface area contributed by atoms with E-state index in [9.17, 15) is 39.0 Å². The first-order chi connectivity index (χ1) is 63.2. The molecular formula is C109H59N7O8S5. The number of rotatable bonds is 0. The number of carbonyl (C=O) groups is 3. The number of ketones is 3. The normalized spacial score (nSPS) is 18.4. The minimum absolute atomic E-state index is 0.127. The van der Waals surface area contributed by atoms with Gasteiger partial charge in [-0.15, -0.1) is 45.3 Å². The summed E-state index contributed by atoms with van der Waals surface area (Å²) in [6.45, 7) is 0. The zero-order valence-electron chi connectivity index (χ0n) is 68.2. The summed E-state index contributed by atoms with van der Waals surface area (Å²) in [5, 5.41) is 89.2. The number of phenolic OH excluding ortho intramolecular Hbond substituents is 4. The lowest BCUT2D eigenvalue weighted by atomic mass is 9.63. The van der Waals surface area contributed by atoms with Gasteiger partial charge in [-0.05, 0) is 260 Å². The van der Waals surface area contributed by atoms with Crippen molar-refractivity contribution in [2.24, 2.45) is 0 Å². The first kappa shape index (κ1) is 67.0. The van der Waals surface area contributed by atoms with E-state index in [4.69, 9.17) is 19.9 Å². The Labute approximate surface area is 742 Å². The maximum Gasteiger partial charge on any atom is 0.164 e. The molecule has 0 spiro atoms. The van der Waals surface area contributed by atoms with Crippen LogP contribution in [0.25, 0.3) is 256 Å². The number of hydrogen-bond acceptors (Lipinski definition) is 16. The second-order valence-electron chi connectivity index (χ2n) is 39.6.